The summed E-state index contributed by atoms with van der Waals surface area (Å²) in [6.45, 7) is 16.4. The van der Waals surface area contributed by atoms with E-state index in [2.05, 4.69) is 77.1 Å². The van der Waals surface area contributed by atoms with Gasteiger partial charge < -0.3 is 0 Å². The molecule has 16 heavy (non-hydrogen) atoms. The third-order valence-corrected chi connectivity index (χ3v) is 12.0. The molecule has 90 valence electrons. The Balaban J connectivity index is 2.96. The smallest absolute Gasteiger partial charge is 0.122 e. The van der Waals surface area contributed by atoms with Crippen LogP contribution in [0.3, 0.4) is 0 Å². The van der Waals surface area contributed by atoms with E-state index in [1.165, 1.54) is 16.0 Å². The highest BCUT2D eigenvalue weighted by molar-refractivity contribution is 8.29. The lowest BCUT2D eigenvalue weighted by atomic mass is 10.2. The quantitative estimate of drug-likeness (QED) is 0.635. The van der Waals surface area contributed by atoms with Crippen LogP contribution in [0.4, 0.5) is 0 Å². The third-order valence-electron chi connectivity index (χ3n) is 3.37. The fourth-order valence-electron chi connectivity index (χ4n) is 1.44. The molecular formula is C14H24SSi. The Morgan fingerprint density at radius 1 is 0.938 bits per heavy atom. The van der Waals surface area contributed by atoms with Crippen LogP contribution in [0.1, 0.15) is 31.9 Å². The van der Waals surface area contributed by atoms with Crippen LogP contribution >= 0.6 is 11.2 Å². The average molecular weight is 252 g/mol. The molecule has 1 aromatic rings. The normalized spacial score (nSPS) is 12.9. The SMILES string of the molecule is Cc1cc(C)cc(S[Si](C)(C)C(C)(C)C)c1. The Kier molecular flexibility index (Phi) is 3.96. The highest BCUT2D eigenvalue weighted by Gasteiger charge is 2.36. The maximum Gasteiger partial charge on any atom is 0.122 e. The summed E-state index contributed by atoms with van der Waals surface area (Å²) in [4.78, 5) is 1.45. The predicted octanol–water partition coefficient (Wildman–Crippen LogP) is 5.40. The number of benzene rings is 1. The molecule has 0 saturated heterocycles. The van der Waals surface area contributed by atoms with Crippen LogP contribution in [-0.4, -0.2) is 7.22 Å². The van der Waals surface area contributed by atoms with Crippen LogP contribution in [-0.2, 0) is 0 Å². The van der Waals surface area contributed by atoms with Crippen LogP contribution in [0.25, 0.3) is 0 Å². The Morgan fingerprint density at radius 3 is 1.75 bits per heavy atom. The minimum atomic E-state index is -1.27. The first-order valence-corrected chi connectivity index (χ1v) is 10.4. The first kappa shape index (κ1) is 13.9. The molecule has 0 spiro atoms. The van der Waals surface area contributed by atoms with E-state index >= 15 is 0 Å². The van der Waals surface area contributed by atoms with Crippen molar-refractivity contribution in [1.29, 1.82) is 0 Å². The second kappa shape index (κ2) is 4.57. The molecule has 2 heteroatoms. The topological polar surface area (TPSA) is 0 Å². The second-order valence-corrected chi connectivity index (χ2v) is 15.1. The first-order valence-electron chi connectivity index (χ1n) is 5.89. The van der Waals surface area contributed by atoms with E-state index in [4.69, 9.17) is 0 Å². The van der Waals surface area contributed by atoms with Crippen molar-refractivity contribution < 1.29 is 0 Å². The number of hydrogen-bond donors (Lipinski definition) is 0. The standard InChI is InChI=1S/C14H24SSi/c1-11-8-12(2)10-13(9-11)15-16(6,7)14(3,4)5/h8-10H,1-7H3. The van der Waals surface area contributed by atoms with Gasteiger partial charge in [0, 0.05) is 4.90 Å². The lowest BCUT2D eigenvalue weighted by Crippen LogP contribution is -2.33. The van der Waals surface area contributed by atoms with Gasteiger partial charge in [0.25, 0.3) is 0 Å². The lowest BCUT2D eigenvalue weighted by molar-refractivity contribution is 0.736. The third kappa shape index (κ3) is 3.39. The van der Waals surface area contributed by atoms with Gasteiger partial charge in [-0.3, -0.25) is 0 Å². The molecule has 0 amide bonds. The van der Waals surface area contributed by atoms with Crippen LogP contribution in [0.15, 0.2) is 23.1 Å². The summed E-state index contributed by atoms with van der Waals surface area (Å²) >= 11 is 2.12. The lowest BCUT2D eigenvalue weighted by Gasteiger charge is -2.36. The van der Waals surface area contributed by atoms with Gasteiger partial charge in [0.1, 0.15) is 7.22 Å². The van der Waals surface area contributed by atoms with Crippen LogP contribution in [0, 0.1) is 13.8 Å². The Bertz CT molecular complexity index is 355. The second-order valence-electron chi connectivity index (χ2n) is 6.19. The fraction of sp³-hybridized carbons (Fsp3) is 0.571. The van der Waals surface area contributed by atoms with Crippen molar-refractivity contribution in [2.45, 2.75) is 57.6 Å². The molecule has 0 saturated carbocycles. The van der Waals surface area contributed by atoms with Gasteiger partial charge in [0.05, 0.1) is 0 Å². The highest BCUT2D eigenvalue weighted by Crippen LogP contribution is 2.46. The molecule has 0 aromatic heterocycles. The van der Waals surface area contributed by atoms with E-state index < -0.39 is 7.22 Å². The molecule has 0 N–H and O–H groups in total. The van der Waals surface area contributed by atoms with Crippen LogP contribution in [0.2, 0.25) is 18.1 Å². The van der Waals surface area contributed by atoms with Gasteiger partial charge in [-0.25, -0.2) is 0 Å². The van der Waals surface area contributed by atoms with Crippen molar-refractivity contribution in [3.63, 3.8) is 0 Å². The Hall–Kier alpha value is -0.213. The molecule has 0 radical (unpaired) electrons. The monoisotopic (exact) mass is 252 g/mol. The van der Waals surface area contributed by atoms with E-state index in [-0.39, 0.29) is 0 Å². The van der Waals surface area contributed by atoms with Gasteiger partial charge in [-0.15, -0.1) is 0 Å². The van der Waals surface area contributed by atoms with E-state index in [1.807, 2.05) is 0 Å². The van der Waals surface area contributed by atoms with E-state index in [1.54, 1.807) is 0 Å². The van der Waals surface area contributed by atoms with E-state index in [0.717, 1.165) is 0 Å². The zero-order chi connectivity index (χ0) is 12.6. The van der Waals surface area contributed by atoms with Crippen molar-refractivity contribution in [2.75, 3.05) is 0 Å². The van der Waals surface area contributed by atoms with Gasteiger partial charge >= 0.3 is 0 Å². The zero-order valence-electron chi connectivity index (χ0n) is 11.6. The summed E-state index contributed by atoms with van der Waals surface area (Å²) in [6, 6.07) is 6.88. The molecule has 0 nitrogen and oxygen atoms in total. The zero-order valence-corrected chi connectivity index (χ0v) is 13.5. The van der Waals surface area contributed by atoms with Gasteiger partial charge in [-0.1, -0.05) is 39.9 Å². The summed E-state index contributed by atoms with van der Waals surface area (Å²) < 4.78 is 0. The molecular weight excluding hydrogens is 228 g/mol. The summed E-state index contributed by atoms with van der Waals surface area (Å²) in [5, 5.41) is 0.440. The molecule has 0 aliphatic rings. The molecule has 0 atom stereocenters. The summed E-state index contributed by atoms with van der Waals surface area (Å²) in [7, 11) is -1.27. The van der Waals surface area contributed by atoms with Crippen LogP contribution < -0.4 is 0 Å². The molecule has 0 fully saturated rings. The summed E-state index contributed by atoms with van der Waals surface area (Å²) in [6.07, 6.45) is 0. The largest absolute Gasteiger partial charge is 0.151 e. The van der Waals surface area contributed by atoms with E-state index in [0.29, 0.717) is 5.04 Å². The van der Waals surface area contributed by atoms with E-state index in [9.17, 15) is 0 Å². The Labute approximate surface area is 105 Å². The molecule has 1 rings (SSSR count). The summed E-state index contributed by atoms with van der Waals surface area (Å²) in [5.41, 5.74) is 2.75. The molecule has 0 unspecified atom stereocenters. The first-order chi connectivity index (χ1) is 7.12. The summed E-state index contributed by atoms with van der Waals surface area (Å²) in [5.74, 6) is 0. The average Bonchev–Trinajstić information content (AvgIpc) is 1.97. The predicted molar refractivity (Wildman–Crippen MR) is 79.0 cm³/mol. The van der Waals surface area contributed by atoms with Crippen molar-refractivity contribution in [3.05, 3.63) is 29.3 Å². The number of aryl methyl sites for hydroxylation is 2. The number of hydrogen-bond acceptors (Lipinski definition) is 1. The van der Waals surface area contributed by atoms with Gasteiger partial charge in [-0.2, -0.15) is 11.2 Å². The maximum atomic E-state index is 2.47. The molecule has 0 aliphatic carbocycles. The van der Waals surface area contributed by atoms with Crippen molar-refractivity contribution in [2.24, 2.45) is 0 Å². The molecule has 0 bridgehead atoms. The highest BCUT2D eigenvalue weighted by atomic mass is 32.4. The van der Waals surface area contributed by atoms with Crippen molar-refractivity contribution >= 4 is 18.4 Å². The molecule has 0 aliphatic heterocycles. The van der Waals surface area contributed by atoms with Crippen molar-refractivity contribution in [3.8, 4) is 0 Å². The van der Waals surface area contributed by atoms with Gasteiger partial charge in [0.2, 0.25) is 0 Å². The molecule has 1 aromatic carbocycles. The fourth-order valence-corrected chi connectivity index (χ4v) is 5.86. The molecule has 0 heterocycles. The van der Waals surface area contributed by atoms with Crippen molar-refractivity contribution in [1.82, 2.24) is 0 Å². The number of rotatable bonds is 2. The Morgan fingerprint density at radius 2 is 1.38 bits per heavy atom. The van der Waals surface area contributed by atoms with Gasteiger partial charge in [0.15, 0.2) is 0 Å². The van der Waals surface area contributed by atoms with Gasteiger partial charge in [-0.05, 0) is 42.1 Å². The van der Waals surface area contributed by atoms with Crippen LogP contribution in [0.5, 0.6) is 0 Å². The minimum absolute atomic E-state index is 0.440. The minimum Gasteiger partial charge on any atom is -0.151 e. The maximum absolute atomic E-state index is 2.47.